The summed E-state index contributed by atoms with van der Waals surface area (Å²) in [5, 5.41) is 0. The topological polar surface area (TPSA) is 29.5 Å². The molecule has 0 aromatic rings. The molecule has 1 saturated carbocycles. The minimum atomic E-state index is 0.326. The molecule has 0 amide bonds. The third-order valence-corrected chi connectivity index (χ3v) is 4.65. The van der Waals surface area contributed by atoms with E-state index in [0.717, 1.165) is 52.0 Å². The van der Waals surface area contributed by atoms with Gasteiger partial charge in [0.15, 0.2) is 0 Å². The van der Waals surface area contributed by atoms with Gasteiger partial charge in [-0.05, 0) is 38.6 Å². The van der Waals surface area contributed by atoms with Crippen molar-refractivity contribution in [1.29, 1.82) is 0 Å². The average Bonchev–Trinajstić information content (AvgIpc) is 2.87. The van der Waals surface area contributed by atoms with Gasteiger partial charge in [-0.1, -0.05) is 19.8 Å². The number of hydrogen-bond donors (Lipinski definition) is 0. The molecule has 19 heavy (non-hydrogen) atoms. The number of likely N-dealkylation sites (tertiary alicyclic amines) is 1. The minimum Gasteiger partial charge on any atom is -0.380 e. The van der Waals surface area contributed by atoms with Gasteiger partial charge in [-0.2, -0.15) is 0 Å². The van der Waals surface area contributed by atoms with E-state index in [2.05, 4.69) is 11.8 Å². The van der Waals surface area contributed by atoms with Crippen LogP contribution in [0.5, 0.6) is 0 Å². The summed E-state index contributed by atoms with van der Waals surface area (Å²) < 4.78 is 5.67. The normalized spacial score (nSPS) is 29.0. The number of unbranched alkanes of at least 4 members (excludes halogenated alkanes) is 1. The van der Waals surface area contributed by atoms with Crippen molar-refractivity contribution in [3.8, 4) is 0 Å². The molecule has 3 nitrogen and oxygen atoms in total. The summed E-state index contributed by atoms with van der Waals surface area (Å²) in [6.45, 7) is 6.08. The summed E-state index contributed by atoms with van der Waals surface area (Å²) in [6.07, 6.45) is 9.12. The van der Waals surface area contributed by atoms with E-state index in [9.17, 15) is 4.79 Å². The summed E-state index contributed by atoms with van der Waals surface area (Å²) in [5.41, 5.74) is 0. The predicted molar refractivity (Wildman–Crippen MR) is 77.3 cm³/mol. The van der Waals surface area contributed by atoms with Gasteiger partial charge in [0.05, 0.1) is 6.61 Å². The fourth-order valence-corrected chi connectivity index (χ4v) is 3.53. The lowest BCUT2D eigenvalue weighted by Gasteiger charge is -2.33. The van der Waals surface area contributed by atoms with E-state index in [0.29, 0.717) is 17.7 Å². The molecule has 0 N–H and O–H groups in total. The molecule has 110 valence electrons. The fourth-order valence-electron chi connectivity index (χ4n) is 3.53. The molecule has 1 saturated heterocycles. The number of rotatable bonds is 7. The van der Waals surface area contributed by atoms with Crippen LogP contribution < -0.4 is 0 Å². The first kappa shape index (κ1) is 15.0. The molecule has 0 aromatic carbocycles. The zero-order valence-corrected chi connectivity index (χ0v) is 12.4. The molecule has 0 aromatic heterocycles. The van der Waals surface area contributed by atoms with Crippen molar-refractivity contribution in [3.63, 3.8) is 0 Å². The lowest BCUT2D eigenvalue weighted by Crippen LogP contribution is -2.42. The van der Waals surface area contributed by atoms with Crippen LogP contribution in [-0.2, 0) is 9.53 Å². The van der Waals surface area contributed by atoms with Gasteiger partial charge in [-0.3, -0.25) is 9.69 Å². The zero-order chi connectivity index (χ0) is 13.5. The number of carbonyl (C=O) groups excluding carboxylic acids is 1. The summed E-state index contributed by atoms with van der Waals surface area (Å²) >= 11 is 0. The molecule has 2 aliphatic rings. The average molecular weight is 267 g/mol. The molecule has 2 atom stereocenters. The molecule has 2 fully saturated rings. The van der Waals surface area contributed by atoms with Crippen molar-refractivity contribution < 1.29 is 9.53 Å². The number of Topliss-reactive ketones (excluding diaryl/α,β-unsaturated/α-hetero) is 1. The maximum atomic E-state index is 12.1. The van der Waals surface area contributed by atoms with Crippen molar-refractivity contribution in [2.45, 2.75) is 64.3 Å². The number of ketones is 1. The Labute approximate surface area is 117 Å². The van der Waals surface area contributed by atoms with Crippen molar-refractivity contribution in [2.24, 2.45) is 5.92 Å². The van der Waals surface area contributed by atoms with Crippen molar-refractivity contribution in [3.05, 3.63) is 0 Å². The van der Waals surface area contributed by atoms with Crippen LogP contribution >= 0.6 is 0 Å². The van der Waals surface area contributed by atoms with Gasteiger partial charge in [0.25, 0.3) is 0 Å². The first-order valence-electron chi connectivity index (χ1n) is 8.17. The van der Waals surface area contributed by atoms with E-state index in [1.165, 1.54) is 25.7 Å². The van der Waals surface area contributed by atoms with Gasteiger partial charge >= 0.3 is 0 Å². The van der Waals surface area contributed by atoms with E-state index in [-0.39, 0.29) is 0 Å². The Hall–Kier alpha value is -0.410. The highest BCUT2D eigenvalue weighted by Gasteiger charge is 2.36. The summed E-state index contributed by atoms with van der Waals surface area (Å²) in [6, 6.07) is 0.516. The molecule has 2 rings (SSSR count). The van der Waals surface area contributed by atoms with Crippen LogP contribution in [0.1, 0.15) is 58.3 Å². The Kier molecular flexibility index (Phi) is 6.32. The Morgan fingerprint density at radius 2 is 2.11 bits per heavy atom. The SMILES string of the molecule is CCCCOCCN1CCCC1C1CCCCC1=O. The fraction of sp³-hybridized carbons (Fsp3) is 0.938. The second-order valence-electron chi connectivity index (χ2n) is 6.03. The van der Waals surface area contributed by atoms with Crippen LogP contribution in [0.3, 0.4) is 0 Å². The molecule has 2 unspecified atom stereocenters. The van der Waals surface area contributed by atoms with Gasteiger partial charge in [0.1, 0.15) is 5.78 Å². The molecule has 1 heterocycles. The van der Waals surface area contributed by atoms with E-state index in [1.807, 2.05) is 0 Å². The van der Waals surface area contributed by atoms with Crippen molar-refractivity contribution in [2.75, 3.05) is 26.3 Å². The van der Waals surface area contributed by atoms with Crippen LogP contribution in [0.2, 0.25) is 0 Å². The molecule has 0 radical (unpaired) electrons. The van der Waals surface area contributed by atoms with Gasteiger partial charge in [0, 0.05) is 31.5 Å². The lowest BCUT2D eigenvalue weighted by atomic mass is 9.82. The zero-order valence-electron chi connectivity index (χ0n) is 12.4. The number of hydrogen-bond acceptors (Lipinski definition) is 3. The lowest BCUT2D eigenvalue weighted by molar-refractivity contribution is -0.126. The summed E-state index contributed by atoms with van der Waals surface area (Å²) in [5.74, 6) is 0.849. The van der Waals surface area contributed by atoms with Gasteiger partial charge in [-0.15, -0.1) is 0 Å². The smallest absolute Gasteiger partial charge is 0.137 e. The Morgan fingerprint density at radius 1 is 1.21 bits per heavy atom. The maximum Gasteiger partial charge on any atom is 0.137 e. The third kappa shape index (κ3) is 4.28. The van der Waals surface area contributed by atoms with Gasteiger partial charge in [0.2, 0.25) is 0 Å². The van der Waals surface area contributed by atoms with Gasteiger partial charge < -0.3 is 4.74 Å². The van der Waals surface area contributed by atoms with Crippen LogP contribution in [0.15, 0.2) is 0 Å². The number of nitrogens with zero attached hydrogens (tertiary/aromatic N) is 1. The molecule has 1 aliphatic heterocycles. The van der Waals surface area contributed by atoms with Crippen LogP contribution in [0, 0.1) is 5.92 Å². The molecule has 0 bridgehead atoms. The first-order valence-corrected chi connectivity index (χ1v) is 8.17. The molecule has 0 spiro atoms. The highest BCUT2D eigenvalue weighted by atomic mass is 16.5. The van der Waals surface area contributed by atoms with E-state index in [1.54, 1.807) is 0 Å². The van der Waals surface area contributed by atoms with Gasteiger partial charge in [-0.25, -0.2) is 0 Å². The number of carbonyl (C=O) groups is 1. The standard InChI is InChI=1S/C16H29NO2/c1-2-3-12-19-13-11-17-10-6-8-15(17)14-7-4-5-9-16(14)18/h14-15H,2-13H2,1H3. The van der Waals surface area contributed by atoms with E-state index < -0.39 is 0 Å². The molecule has 3 heteroatoms. The predicted octanol–water partition coefficient (Wildman–Crippen LogP) is 3.03. The van der Waals surface area contributed by atoms with Crippen LogP contribution in [-0.4, -0.2) is 43.0 Å². The number of ether oxygens (including phenoxy) is 1. The highest BCUT2D eigenvalue weighted by molar-refractivity contribution is 5.82. The first-order chi connectivity index (χ1) is 9.33. The minimum absolute atomic E-state index is 0.326. The second kappa shape index (κ2) is 8.01. The highest BCUT2D eigenvalue weighted by Crippen LogP contribution is 2.32. The van der Waals surface area contributed by atoms with Crippen molar-refractivity contribution >= 4 is 5.78 Å². The van der Waals surface area contributed by atoms with E-state index in [4.69, 9.17) is 4.74 Å². The largest absolute Gasteiger partial charge is 0.380 e. The maximum absolute atomic E-state index is 12.1. The Balaban J connectivity index is 1.74. The molecule has 1 aliphatic carbocycles. The van der Waals surface area contributed by atoms with Crippen LogP contribution in [0.4, 0.5) is 0 Å². The quantitative estimate of drug-likeness (QED) is 0.664. The Bertz CT molecular complexity index is 280. The summed E-state index contributed by atoms with van der Waals surface area (Å²) in [4.78, 5) is 14.6. The summed E-state index contributed by atoms with van der Waals surface area (Å²) in [7, 11) is 0. The third-order valence-electron chi connectivity index (χ3n) is 4.65. The second-order valence-corrected chi connectivity index (χ2v) is 6.03. The Morgan fingerprint density at radius 3 is 2.89 bits per heavy atom. The van der Waals surface area contributed by atoms with E-state index >= 15 is 0 Å². The molecular formula is C16H29NO2. The van der Waals surface area contributed by atoms with Crippen LogP contribution in [0.25, 0.3) is 0 Å². The molecular weight excluding hydrogens is 238 g/mol. The monoisotopic (exact) mass is 267 g/mol. The van der Waals surface area contributed by atoms with Crippen molar-refractivity contribution in [1.82, 2.24) is 4.90 Å².